The maximum absolute atomic E-state index is 10.2. The standard InChI is InChI=1S/C10H20O4S/c1-2-3-4-5-6-7-8-9-10-14-15(11,12)13/h5-6H,2-4,7-10H2,1H3,(H,11,12,13)/b6-5-. The van der Waals surface area contributed by atoms with Gasteiger partial charge >= 0.3 is 10.4 Å². The molecule has 0 atom stereocenters. The summed E-state index contributed by atoms with van der Waals surface area (Å²) < 4.78 is 32.7. The molecule has 0 radical (unpaired) electrons. The number of rotatable bonds is 9. The van der Waals surface area contributed by atoms with Gasteiger partial charge in [0.1, 0.15) is 0 Å². The Labute approximate surface area is 92.3 Å². The van der Waals surface area contributed by atoms with E-state index in [1.165, 1.54) is 12.8 Å². The summed E-state index contributed by atoms with van der Waals surface area (Å²) in [5.41, 5.74) is 0. The first-order chi connectivity index (χ1) is 7.06. The van der Waals surface area contributed by atoms with Crippen molar-refractivity contribution in [3.05, 3.63) is 12.2 Å². The van der Waals surface area contributed by atoms with Gasteiger partial charge in [0.25, 0.3) is 0 Å². The molecule has 0 aliphatic heterocycles. The van der Waals surface area contributed by atoms with Gasteiger partial charge in [-0.2, -0.15) is 8.42 Å². The molecule has 0 spiro atoms. The molecular weight excluding hydrogens is 216 g/mol. The second kappa shape index (κ2) is 8.88. The van der Waals surface area contributed by atoms with Gasteiger partial charge in [-0.15, -0.1) is 0 Å². The van der Waals surface area contributed by atoms with Crippen molar-refractivity contribution in [2.24, 2.45) is 0 Å². The maximum atomic E-state index is 10.2. The zero-order valence-corrected chi connectivity index (χ0v) is 10.0. The summed E-state index contributed by atoms with van der Waals surface area (Å²) in [5.74, 6) is 0. The van der Waals surface area contributed by atoms with E-state index in [0.29, 0.717) is 6.42 Å². The molecule has 90 valence electrons. The molecule has 0 aromatic rings. The molecule has 0 amide bonds. The molecule has 0 aromatic carbocycles. The van der Waals surface area contributed by atoms with Crippen LogP contribution in [0.3, 0.4) is 0 Å². The molecule has 0 rings (SSSR count). The smallest absolute Gasteiger partial charge is 0.264 e. The normalized spacial score (nSPS) is 12.4. The van der Waals surface area contributed by atoms with Crippen molar-refractivity contribution in [1.82, 2.24) is 0 Å². The topological polar surface area (TPSA) is 63.6 Å². The molecule has 0 fully saturated rings. The van der Waals surface area contributed by atoms with Gasteiger partial charge in [0.2, 0.25) is 0 Å². The molecule has 0 saturated carbocycles. The van der Waals surface area contributed by atoms with Crippen molar-refractivity contribution in [3.8, 4) is 0 Å². The van der Waals surface area contributed by atoms with Crippen LogP contribution in [-0.2, 0) is 14.6 Å². The summed E-state index contributed by atoms with van der Waals surface area (Å²) in [7, 11) is -4.25. The molecule has 0 unspecified atom stereocenters. The van der Waals surface area contributed by atoms with Crippen molar-refractivity contribution in [2.45, 2.75) is 45.4 Å². The van der Waals surface area contributed by atoms with Gasteiger partial charge < -0.3 is 0 Å². The first kappa shape index (κ1) is 14.6. The largest absolute Gasteiger partial charge is 0.397 e. The van der Waals surface area contributed by atoms with Crippen LogP contribution >= 0.6 is 0 Å². The average Bonchev–Trinajstić information content (AvgIpc) is 2.14. The minimum Gasteiger partial charge on any atom is -0.264 e. The minimum atomic E-state index is -4.25. The third kappa shape index (κ3) is 13.6. The lowest BCUT2D eigenvalue weighted by molar-refractivity contribution is 0.263. The second-order valence-electron chi connectivity index (χ2n) is 3.36. The molecule has 4 nitrogen and oxygen atoms in total. The molecule has 1 N–H and O–H groups in total. The Morgan fingerprint density at radius 3 is 2.27 bits per heavy atom. The summed E-state index contributed by atoms with van der Waals surface area (Å²) in [6.07, 6.45) is 10.2. The Morgan fingerprint density at radius 2 is 1.73 bits per heavy atom. The van der Waals surface area contributed by atoms with Crippen molar-refractivity contribution >= 4 is 10.4 Å². The predicted molar refractivity (Wildman–Crippen MR) is 60.0 cm³/mol. The molecule has 0 bridgehead atoms. The van der Waals surface area contributed by atoms with Crippen molar-refractivity contribution in [3.63, 3.8) is 0 Å². The van der Waals surface area contributed by atoms with Crippen molar-refractivity contribution < 1.29 is 17.2 Å². The Kier molecular flexibility index (Phi) is 8.65. The summed E-state index contributed by atoms with van der Waals surface area (Å²) >= 11 is 0. The predicted octanol–water partition coefficient (Wildman–Crippen LogP) is 2.72. The molecule has 0 aliphatic carbocycles. The lowest BCUT2D eigenvalue weighted by Gasteiger charge is -1.98. The first-order valence-electron chi connectivity index (χ1n) is 5.33. The van der Waals surface area contributed by atoms with Crippen LogP contribution in [0.25, 0.3) is 0 Å². The van der Waals surface area contributed by atoms with Gasteiger partial charge in [-0.1, -0.05) is 31.9 Å². The zero-order valence-electron chi connectivity index (χ0n) is 9.18. The van der Waals surface area contributed by atoms with E-state index >= 15 is 0 Å². The second-order valence-corrected chi connectivity index (χ2v) is 4.45. The SMILES string of the molecule is CCCC/C=C\CCCCOS(=O)(=O)O. The number of hydrogen-bond donors (Lipinski definition) is 1. The van der Waals surface area contributed by atoms with Gasteiger partial charge in [-0.25, -0.2) is 4.18 Å². The maximum Gasteiger partial charge on any atom is 0.397 e. The van der Waals surface area contributed by atoms with E-state index in [-0.39, 0.29) is 6.61 Å². The number of unbranched alkanes of at least 4 members (excludes halogenated alkanes) is 4. The highest BCUT2D eigenvalue weighted by molar-refractivity contribution is 7.80. The molecular formula is C10H20O4S. The fourth-order valence-corrected chi connectivity index (χ4v) is 1.41. The number of allylic oxidation sites excluding steroid dienone is 2. The number of hydrogen-bond acceptors (Lipinski definition) is 3. The van der Waals surface area contributed by atoms with Gasteiger partial charge in [-0.3, -0.25) is 4.55 Å². The van der Waals surface area contributed by atoms with Gasteiger partial charge in [0, 0.05) is 0 Å². The fraction of sp³-hybridized carbons (Fsp3) is 0.800. The fourth-order valence-electron chi connectivity index (χ4n) is 1.09. The molecule has 0 aromatic heterocycles. The third-order valence-corrected chi connectivity index (χ3v) is 2.35. The van der Waals surface area contributed by atoms with Crippen LogP contribution in [0.5, 0.6) is 0 Å². The van der Waals surface area contributed by atoms with Crippen LogP contribution in [0.4, 0.5) is 0 Å². The van der Waals surface area contributed by atoms with Crippen LogP contribution in [0.15, 0.2) is 12.2 Å². The summed E-state index contributed by atoms with van der Waals surface area (Å²) in [4.78, 5) is 0. The monoisotopic (exact) mass is 236 g/mol. The highest BCUT2D eigenvalue weighted by Crippen LogP contribution is 2.01. The van der Waals surface area contributed by atoms with Crippen LogP contribution in [-0.4, -0.2) is 19.6 Å². The first-order valence-corrected chi connectivity index (χ1v) is 6.69. The minimum absolute atomic E-state index is 0.0572. The average molecular weight is 236 g/mol. The third-order valence-electron chi connectivity index (χ3n) is 1.89. The Balaban J connectivity index is 3.22. The quantitative estimate of drug-likeness (QED) is 0.380. The molecule has 0 aliphatic rings. The van der Waals surface area contributed by atoms with Gasteiger partial charge in [0.15, 0.2) is 0 Å². The van der Waals surface area contributed by atoms with E-state index in [4.69, 9.17) is 4.55 Å². The van der Waals surface area contributed by atoms with E-state index in [1.807, 2.05) is 0 Å². The Morgan fingerprint density at radius 1 is 1.13 bits per heavy atom. The molecule has 5 heteroatoms. The van der Waals surface area contributed by atoms with Crippen molar-refractivity contribution in [1.29, 1.82) is 0 Å². The van der Waals surface area contributed by atoms with Crippen molar-refractivity contribution in [2.75, 3.05) is 6.61 Å². The molecule has 0 heterocycles. The van der Waals surface area contributed by atoms with Crippen LogP contribution < -0.4 is 0 Å². The van der Waals surface area contributed by atoms with E-state index in [9.17, 15) is 8.42 Å². The lowest BCUT2D eigenvalue weighted by Crippen LogP contribution is -2.04. The summed E-state index contributed by atoms with van der Waals surface area (Å²) in [6, 6.07) is 0. The van der Waals surface area contributed by atoms with Gasteiger partial charge in [-0.05, 0) is 25.7 Å². The Hall–Kier alpha value is -0.390. The molecule has 0 saturated heterocycles. The van der Waals surface area contributed by atoms with Crippen LogP contribution in [0.1, 0.15) is 45.4 Å². The highest BCUT2D eigenvalue weighted by Gasteiger charge is 2.01. The Bertz CT molecular complexity index is 257. The van der Waals surface area contributed by atoms with Gasteiger partial charge in [0.05, 0.1) is 6.61 Å². The van der Waals surface area contributed by atoms with E-state index in [2.05, 4.69) is 23.3 Å². The van der Waals surface area contributed by atoms with E-state index in [1.54, 1.807) is 0 Å². The zero-order chi connectivity index (χ0) is 11.6. The lowest BCUT2D eigenvalue weighted by atomic mass is 10.2. The van der Waals surface area contributed by atoms with Crippen LogP contribution in [0.2, 0.25) is 0 Å². The summed E-state index contributed by atoms with van der Waals surface area (Å²) in [6.45, 7) is 2.21. The van der Waals surface area contributed by atoms with E-state index < -0.39 is 10.4 Å². The molecule has 15 heavy (non-hydrogen) atoms. The van der Waals surface area contributed by atoms with Crippen LogP contribution in [0, 0.1) is 0 Å². The van der Waals surface area contributed by atoms with E-state index in [0.717, 1.165) is 19.3 Å². The highest BCUT2D eigenvalue weighted by atomic mass is 32.3. The summed E-state index contributed by atoms with van der Waals surface area (Å²) in [5, 5.41) is 0.